The number of benzene rings is 1. The molecule has 0 amide bonds. The summed E-state index contributed by atoms with van der Waals surface area (Å²) in [6, 6.07) is 9.95. The Labute approximate surface area is 129 Å². The lowest BCUT2D eigenvalue weighted by atomic mass is 10.1. The minimum atomic E-state index is -0.184. The molecule has 5 nitrogen and oxygen atoms in total. The van der Waals surface area contributed by atoms with E-state index in [1.165, 1.54) is 0 Å². The minimum Gasteiger partial charge on any atom is -0.453 e. The zero-order valence-corrected chi connectivity index (χ0v) is 13.3. The van der Waals surface area contributed by atoms with Gasteiger partial charge in [0, 0.05) is 6.04 Å². The van der Waals surface area contributed by atoms with Crippen LogP contribution in [0, 0.1) is 0 Å². The third-order valence-corrected chi connectivity index (χ3v) is 3.99. The van der Waals surface area contributed by atoms with Gasteiger partial charge in [0.2, 0.25) is 0 Å². The number of hydrogen-bond acceptors (Lipinski definition) is 3. The van der Waals surface area contributed by atoms with Gasteiger partial charge in [-0.05, 0) is 59.6 Å². The highest BCUT2D eigenvalue weighted by molar-refractivity contribution is 9.10. The van der Waals surface area contributed by atoms with Gasteiger partial charge in [-0.2, -0.15) is 0 Å². The van der Waals surface area contributed by atoms with Crippen LogP contribution in [0.5, 0.6) is 0 Å². The molecule has 6 heteroatoms. The lowest BCUT2D eigenvalue weighted by Gasteiger charge is -2.19. The molecular weight excluding hydrogens is 334 g/mol. The first kappa shape index (κ1) is 14.2. The third kappa shape index (κ3) is 2.96. The summed E-state index contributed by atoms with van der Waals surface area (Å²) >= 11 is 3.31. The van der Waals surface area contributed by atoms with Gasteiger partial charge in [-0.25, -0.2) is 4.79 Å². The van der Waals surface area contributed by atoms with Crippen molar-refractivity contribution in [2.75, 3.05) is 0 Å². The van der Waals surface area contributed by atoms with Gasteiger partial charge < -0.3 is 19.7 Å². The molecule has 0 aliphatic carbocycles. The van der Waals surface area contributed by atoms with E-state index in [2.05, 4.69) is 45.1 Å². The van der Waals surface area contributed by atoms with Crippen molar-refractivity contribution in [3.05, 3.63) is 56.8 Å². The molecule has 0 radical (unpaired) electrons. The molecule has 2 heterocycles. The van der Waals surface area contributed by atoms with E-state index < -0.39 is 0 Å². The molecule has 0 spiro atoms. The Hall–Kier alpha value is -1.79. The van der Waals surface area contributed by atoms with Gasteiger partial charge in [0.05, 0.1) is 17.1 Å². The highest BCUT2D eigenvalue weighted by atomic mass is 79.9. The second kappa shape index (κ2) is 5.54. The van der Waals surface area contributed by atoms with Gasteiger partial charge in [0.15, 0.2) is 4.67 Å². The highest BCUT2D eigenvalue weighted by Crippen LogP contribution is 2.24. The molecule has 2 unspecified atom stereocenters. The largest absolute Gasteiger partial charge is 0.453 e. The van der Waals surface area contributed by atoms with Crippen molar-refractivity contribution in [3.63, 3.8) is 0 Å². The van der Waals surface area contributed by atoms with Crippen molar-refractivity contribution in [2.45, 2.75) is 25.9 Å². The molecule has 3 aromatic rings. The van der Waals surface area contributed by atoms with Crippen molar-refractivity contribution < 1.29 is 4.42 Å². The standard InChI is InChI=1S/C15H16BrN3O2/c1-8(17-9(2)13-5-6-14(16)21-13)10-3-4-11-12(7-10)19-15(20)18-11/h3-9,17H,1-2H3,(H2,18,19,20). The van der Waals surface area contributed by atoms with Gasteiger partial charge in [0.1, 0.15) is 5.76 Å². The number of rotatable bonds is 4. The second-order valence-corrected chi connectivity index (χ2v) is 5.92. The number of H-pyrrole nitrogens is 2. The first-order valence-corrected chi connectivity index (χ1v) is 7.55. The molecule has 0 bridgehead atoms. The summed E-state index contributed by atoms with van der Waals surface area (Å²) in [6.07, 6.45) is 0. The molecule has 2 atom stereocenters. The van der Waals surface area contributed by atoms with Crippen molar-refractivity contribution >= 4 is 27.0 Å². The number of aromatic nitrogens is 2. The number of halogens is 1. The predicted octanol–water partition coefficient (Wildman–Crippen LogP) is 3.62. The summed E-state index contributed by atoms with van der Waals surface area (Å²) in [5.74, 6) is 0.879. The van der Waals surface area contributed by atoms with E-state index in [1.807, 2.05) is 30.3 Å². The smallest absolute Gasteiger partial charge is 0.323 e. The average Bonchev–Trinajstić information content (AvgIpc) is 3.02. The molecule has 110 valence electrons. The number of imidazole rings is 1. The molecular formula is C15H16BrN3O2. The summed E-state index contributed by atoms with van der Waals surface area (Å²) in [5.41, 5.74) is 2.56. The first-order chi connectivity index (χ1) is 10.0. The van der Waals surface area contributed by atoms with Crippen LogP contribution in [0.1, 0.15) is 37.3 Å². The Morgan fingerprint density at radius 3 is 2.57 bits per heavy atom. The van der Waals surface area contributed by atoms with E-state index in [0.29, 0.717) is 0 Å². The summed E-state index contributed by atoms with van der Waals surface area (Å²) in [4.78, 5) is 16.8. The number of hydrogen-bond donors (Lipinski definition) is 3. The van der Waals surface area contributed by atoms with Crippen molar-refractivity contribution in [2.24, 2.45) is 0 Å². The number of nitrogens with one attached hydrogen (secondary N) is 3. The quantitative estimate of drug-likeness (QED) is 0.673. The summed E-state index contributed by atoms with van der Waals surface area (Å²) < 4.78 is 6.28. The zero-order chi connectivity index (χ0) is 15.0. The topological polar surface area (TPSA) is 73.8 Å². The number of fused-ring (bicyclic) bond motifs is 1. The molecule has 0 aliphatic heterocycles. The molecule has 3 N–H and O–H groups in total. The Morgan fingerprint density at radius 2 is 1.86 bits per heavy atom. The third-order valence-electron chi connectivity index (χ3n) is 3.56. The van der Waals surface area contributed by atoms with Gasteiger partial charge in [-0.1, -0.05) is 6.07 Å². The summed E-state index contributed by atoms with van der Waals surface area (Å²) in [5, 5.41) is 3.48. The Morgan fingerprint density at radius 1 is 1.10 bits per heavy atom. The monoisotopic (exact) mass is 349 g/mol. The normalized spacial score (nSPS) is 14.4. The van der Waals surface area contributed by atoms with E-state index in [0.717, 1.165) is 27.0 Å². The van der Waals surface area contributed by atoms with E-state index >= 15 is 0 Å². The molecule has 0 fully saturated rings. The number of furan rings is 1. The molecule has 21 heavy (non-hydrogen) atoms. The molecule has 0 saturated heterocycles. The maximum Gasteiger partial charge on any atom is 0.323 e. The maximum absolute atomic E-state index is 11.3. The van der Waals surface area contributed by atoms with Gasteiger partial charge in [0.25, 0.3) is 0 Å². The lowest BCUT2D eigenvalue weighted by Crippen LogP contribution is -2.22. The van der Waals surface area contributed by atoms with Gasteiger partial charge >= 0.3 is 5.69 Å². The lowest BCUT2D eigenvalue weighted by molar-refractivity contribution is 0.394. The SMILES string of the molecule is CC(NC(C)c1ccc(Br)o1)c1ccc2[nH]c(=O)[nH]c2c1. The maximum atomic E-state index is 11.3. The fraction of sp³-hybridized carbons (Fsp3) is 0.267. The molecule has 2 aromatic heterocycles. The van der Waals surface area contributed by atoms with Crippen molar-refractivity contribution in [1.82, 2.24) is 15.3 Å². The second-order valence-electron chi connectivity index (χ2n) is 5.14. The summed E-state index contributed by atoms with van der Waals surface area (Å²) in [6.45, 7) is 4.14. The van der Waals surface area contributed by atoms with Crippen LogP contribution in [-0.2, 0) is 0 Å². The van der Waals surface area contributed by atoms with E-state index in [9.17, 15) is 4.79 Å². The Bertz CT molecular complexity index is 818. The van der Waals surface area contributed by atoms with E-state index in [1.54, 1.807) is 0 Å². The zero-order valence-electron chi connectivity index (χ0n) is 11.7. The molecule has 3 rings (SSSR count). The van der Waals surface area contributed by atoms with Crippen LogP contribution >= 0.6 is 15.9 Å². The van der Waals surface area contributed by atoms with E-state index in [-0.39, 0.29) is 17.8 Å². The first-order valence-electron chi connectivity index (χ1n) is 6.76. The Kier molecular flexibility index (Phi) is 3.73. The molecule has 0 saturated carbocycles. The van der Waals surface area contributed by atoms with Crippen LogP contribution in [-0.4, -0.2) is 9.97 Å². The van der Waals surface area contributed by atoms with Crippen LogP contribution < -0.4 is 11.0 Å². The fourth-order valence-electron chi connectivity index (χ4n) is 2.43. The van der Waals surface area contributed by atoms with Crippen LogP contribution in [0.2, 0.25) is 0 Å². The summed E-state index contributed by atoms with van der Waals surface area (Å²) in [7, 11) is 0. The van der Waals surface area contributed by atoms with Crippen LogP contribution in [0.25, 0.3) is 11.0 Å². The van der Waals surface area contributed by atoms with Crippen LogP contribution in [0.4, 0.5) is 0 Å². The molecule has 1 aromatic carbocycles. The van der Waals surface area contributed by atoms with Crippen molar-refractivity contribution in [3.8, 4) is 0 Å². The Balaban J connectivity index is 1.79. The predicted molar refractivity (Wildman–Crippen MR) is 85.3 cm³/mol. The fourth-order valence-corrected chi connectivity index (χ4v) is 2.75. The van der Waals surface area contributed by atoms with Crippen LogP contribution in [0.15, 0.2) is 44.2 Å². The van der Waals surface area contributed by atoms with Gasteiger partial charge in [-0.15, -0.1) is 0 Å². The van der Waals surface area contributed by atoms with Gasteiger partial charge in [-0.3, -0.25) is 0 Å². The van der Waals surface area contributed by atoms with Crippen LogP contribution in [0.3, 0.4) is 0 Å². The minimum absolute atomic E-state index is 0.0901. The van der Waals surface area contributed by atoms with E-state index in [4.69, 9.17) is 4.42 Å². The number of aromatic amines is 2. The van der Waals surface area contributed by atoms with Crippen molar-refractivity contribution in [1.29, 1.82) is 0 Å². The molecule has 0 aliphatic rings. The average molecular weight is 350 g/mol. The highest BCUT2D eigenvalue weighted by Gasteiger charge is 2.14.